The van der Waals surface area contributed by atoms with E-state index in [1.54, 1.807) is 27.7 Å². The van der Waals surface area contributed by atoms with E-state index in [0.29, 0.717) is 22.5 Å². The van der Waals surface area contributed by atoms with Gasteiger partial charge >= 0.3 is 5.97 Å². The van der Waals surface area contributed by atoms with E-state index in [0.717, 1.165) is 0 Å². The Hall–Kier alpha value is -3.19. The Kier molecular flexibility index (Phi) is 4.66. The maximum atomic E-state index is 12.5. The lowest BCUT2D eigenvalue weighted by Crippen LogP contribution is -2.26. The minimum Gasteiger partial charge on any atom is -0.463 e. The molecule has 24 heavy (non-hydrogen) atoms. The summed E-state index contributed by atoms with van der Waals surface area (Å²) >= 11 is 0. The first-order valence-electron chi connectivity index (χ1n) is 7.41. The van der Waals surface area contributed by atoms with Crippen molar-refractivity contribution >= 4 is 5.97 Å². The van der Waals surface area contributed by atoms with Crippen molar-refractivity contribution in [1.29, 1.82) is 10.5 Å². The van der Waals surface area contributed by atoms with Gasteiger partial charge in [0.2, 0.25) is 5.88 Å². The van der Waals surface area contributed by atoms with Crippen LogP contribution in [0.4, 0.5) is 0 Å². The number of nitrogens with zero attached hydrogens (tertiary/aromatic N) is 2. The molecule has 124 valence electrons. The lowest BCUT2D eigenvalue weighted by atomic mass is 9.81. The second-order valence-electron chi connectivity index (χ2n) is 5.39. The number of carbonyl (C=O) groups is 1. The highest BCUT2D eigenvalue weighted by molar-refractivity contribution is 5.92. The predicted octanol–water partition coefficient (Wildman–Crippen LogP) is 2.15. The molecule has 1 aromatic rings. The molecule has 0 amide bonds. The summed E-state index contributed by atoms with van der Waals surface area (Å²) in [4.78, 5) is 15.4. The largest absolute Gasteiger partial charge is 0.463 e. The van der Waals surface area contributed by atoms with Crippen molar-refractivity contribution in [3.8, 4) is 12.1 Å². The van der Waals surface area contributed by atoms with E-state index in [2.05, 4.69) is 11.1 Å². The smallest absolute Gasteiger partial charge is 0.338 e. The van der Waals surface area contributed by atoms with Crippen LogP contribution in [-0.2, 0) is 14.3 Å². The first kappa shape index (κ1) is 17.2. The number of nitrogens with two attached hydrogens (primary N) is 1. The van der Waals surface area contributed by atoms with Crippen LogP contribution in [0.1, 0.15) is 42.3 Å². The first-order valence-corrected chi connectivity index (χ1v) is 7.41. The topological polar surface area (TPSA) is 125 Å². The average molecular weight is 326 g/mol. The molecule has 0 radical (unpaired) electrons. The Bertz CT molecular complexity index is 846. The standard InChI is InChI=1S/C17H18N4O3/c1-5-23-17(22)14-10(4)24-16(20)11(6-18)15(14)13-8(2)12(7-19)21-9(13)3/h15,21H,5,20H2,1-4H3/t15-/m0/s1. The Labute approximate surface area is 140 Å². The molecule has 1 aromatic heterocycles. The lowest BCUT2D eigenvalue weighted by Gasteiger charge is -2.27. The number of hydrogen-bond donors (Lipinski definition) is 2. The summed E-state index contributed by atoms with van der Waals surface area (Å²) in [5.74, 6) is -1.07. The van der Waals surface area contributed by atoms with Gasteiger partial charge in [0.25, 0.3) is 0 Å². The quantitative estimate of drug-likeness (QED) is 0.820. The van der Waals surface area contributed by atoms with Crippen molar-refractivity contribution in [3.05, 3.63) is 45.3 Å². The van der Waals surface area contributed by atoms with Gasteiger partial charge in [-0.15, -0.1) is 0 Å². The average Bonchev–Trinajstić information content (AvgIpc) is 2.80. The fourth-order valence-electron chi connectivity index (χ4n) is 2.95. The van der Waals surface area contributed by atoms with Gasteiger partial charge in [-0.05, 0) is 38.8 Å². The first-order chi connectivity index (χ1) is 11.4. The van der Waals surface area contributed by atoms with Gasteiger partial charge in [-0.1, -0.05) is 0 Å². The molecule has 0 aliphatic carbocycles. The summed E-state index contributed by atoms with van der Waals surface area (Å²) < 4.78 is 10.5. The molecule has 7 heteroatoms. The Morgan fingerprint density at radius 1 is 1.33 bits per heavy atom. The van der Waals surface area contributed by atoms with E-state index in [9.17, 15) is 15.3 Å². The highest BCUT2D eigenvalue weighted by atomic mass is 16.5. The monoisotopic (exact) mass is 326 g/mol. The number of nitrogens with one attached hydrogen (secondary N) is 1. The molecular formula is C17H18N4O3. The molecule has 0 spiro atoms. The number of aromatic amines is 1. The van der Waals surface area contributed by atoms with Crippen molar-refractivity contribution in [2.45, 2.75) is 33.6 Å². The lowest BCUT2D eigenvalue weighted by molar-refractivity contribution is -0.139. The van der Waals surface area contributed by atoms with E-state index in [1.807, 2.05) is 6.07 Å². The SMILES string of the molecule is CCOC(=O)C1=C(C)OC(N)=C(C#N)[C@H]1c1c(C)[nH]c(C#N)c1C. The Morgan fingerprint density at radius 2 is 2.00 bits per heavy atom. The number of allylic oxidation sites excluding steroid dienone is 2. The molecule has 0 saturated carbocycles. The zero-order valence-electron chi connectivity index (χ0n) is 14.0. The summed E-state index contributed by atoms with van der Waals surface area (Å²) in [5.41, 5.74) is 8.59. The minimum atomic E-state index is -0.735. The number of H-pyrrole nitrogens is 1. The molecule has 0 fully saturated rings. The molecule has 3 N–H and O–H groups in total. The summed E-state index contributed by atoms with van der Waals surface area (Å²) in [6.07, 6.45) is 0. The fraction of sp³-hybridized carbons (Fsp3) is 0.353. The highest BCUT2D eigenvalue weighted by Crippen LogP contribution is 2.42. The van der Waals surface area contributed by atoms with Crippen LogP contribution in [0.15, 0.2) is 22.8 Å². The number of aromatic nitrogens is 1. The number of aryl methyl sites for hydroxylation is 1. The van der Waals surface area contributed by atoms with Gasteiger partial charge in [-0.3, -0.25) is 0 Å². The van der Waals surface area contributed by atoms with E-state index in [-0.39, 0.29) is 29.4 Å². The van der Waals surface area contributed by atoms with Crippen LogP contribution < -0.4 is 5.73 Å². The third kappa shape index (κ3) is 2.61. The minimum absolute atomic E-state index is 0.0495. The summed E-state index contributed by atoms with van der Waals surface area (Å²) in [6, 6.07) is 4.09. The van der Waals surface area contributed by atoms with Gasteiger partial charge in [0, 0.05) is 5.69 Å². The fourth-order valence-corrected chi connectivity index (χ4v) is 2.95. The van der Waals surface area contributed by atoms with Crippen molar-refractivity contribution in [3.63, 3.8) is 0 Å². The predicted molar refractivity (Wildman–Crippen MR) is 85.0 cm³/mol. The van der Waals surface area contributed by atoms with Crippen molar-refractivity contribution < 1.29 is 14.3 Å². The second kappa shape index (κ2) is 6.51. The third-order valence-corrected chi connectivity index (χ3v) is 4.00. The molecule has 2 rings (SSSR count). The maximum absolute atomic E-state index is 12.5. The van der Waals surface area contributed by atoms with Gasteiger partial charge in [0.1, 0.15) is 29.2 Å². The normalized spacial score (nSPS) is 17.2. The van der Waals surface area contributed by atoms with E-state index < -0.39 is 11.9 Å². The van der Waals surface area contributed by atoms with Crippen LogP contribution in [0.25, 0.3) is 0 Å². The maximum Gasteiger partial charge on any atom is 0.338 e. The number of esters is 1. The van der Waals surface area contributed by atoms with E-state index in [4.69, 9.17) is 15.2 Å². The van der Waals surface area contributed by atoms with Crippen LogP contribution in [0.3, 0.4) is 0 Å². The van der Waals surface area contributed by atoms with Gasteiger partial charge < -0.3 is 20.2 Å². The van der Waals surface area contributed by atoms with Crippen molar-refractivity contribution in [1.82, 2.24) is 4.98 Å². The molecule has 0 bridgehead atoms. The molecule has 0 aromatic carbocycles. The molecule has 2 heterocycles. The summed E-state index contributed by atoms with van der Waals surface area (Å²) in [6.45, 7) is 7.03. The second-order valence-corrected chi connectivity index (χ2v) is 5.39. The number of carbonyl (C=O) groups excluding carboxylic acids is 1. The number of hydrogen-bond acceptors (Lipinski definition) is 6. The zero-order valence-corrected chi connectivity index (χ0v) is 14.0. The van der Waals surface area contributed by atoms with Crippen molar-refractivity contribution in [2.75, 3.05) is 6.61 Å². The molecule has 7 nitrogen and oxygen atoms in total. The zero-order chi connectivity index (χ0) is 18.0. The Morgan fingerprint density at radius 3 is 2.50 bits per heavy atom. The molecule has 0 saturated heterocycles. The molecule has 1 aliphatic rings. The van der Waals surface area contributed by atoms with Crippen molar-refractivity contribution in [2.24, 2.45) is 5.73 Å². The van der Waals surface area contributed by atoms with Crippen LogP contribution >= 0.6 is 0 Å². The van der Waals surface area contributed by atoms with E-state index >= 15 is 0 Å². The van der Waals surface area contributed by atoms with Crippen LogP contribution in [0.5, 0.6) is 0 Å². The molecule has 1 atom stereocenters. The molecule has 0 unspecified atom stereocenters. The Balaban J connectivity index is 2.75. The van der Waals surface area contributed by atoms with E-state index in [1.165, 1.54) is 0 Å². The van der Waals surface area contributed by atoms with Crippen LogP contribution in [0, 0.1) is 36.5 Å². The summed E-state index contributed by atoms with van der Waals surface area (Å²) in [7, 11) is 0. The molecular weight excluding hydrogens is 308 g/mol. The van der Waals surface area contributed by atoms with Crippen LogP contribution in [-0.4, -0.2) is 17.6 Å². The van der Waals surface area contributed by atoms with Gasteiger partial charge in [0.15, 0.2) is 0 Å². The number of ether oxygens (including phenoxy) is 2. The third-order valence-electron chi connectivity index (χ3n) is 4.00. The number of nitriles is 2. The van der Waals surface area contributed by atoms with Gasteiger partial charge in [-0.2, -0.15) is 10.5 Å². The van der Waals surface area contributed by atoms with Gasteiger partial charge in [0.05, 0.1) is 18.1 Å². The summed E-state index contributed by atoms with van der Waals surface area (Å²) in [5, 5.41) is 18.8. The van der Waals surface area contributed by atoms with Gasteiger partial charge in [-0.25, -0.2) is 4.79 Å². The highest BCUT2D eigenvalue weighted by Gasteiger charge is 2.38. The molecule has 1 aliphatic heterocycles. The van der Waals surface area contributed by atoms with Crippen LogP contribution in [0.2, 0.25) is 0 Å². The number of rotatable bonds is 3.